The summed E-state index contributed by atoms with van der Waals surface area (Å²) in [4.78, 5) is 0.905. The Morgan fingerprint density at radius 1 is 1.45 bits per heavy atom. The van der Waals surface area contributed by atoms with E-state index >= 15 is 0 Å². The van der Waals surface area contributed by atoms with Crippen LogP contribution in [0.4, 0.5) is 13.2 Å². The molecule has 0 unspecified atom stereocenters. The Labute approximate surface area is 121 Å². The lowest BCUT2D eigenvalue weighted by atomic mass is 10.4. The number of hydrogen-bond donors (Lipinski definition) is 1. The van der Waals surface area contributed by atoms with Gasteiger partial charge in [-0.2, -0.15) is 13.2 Å². The molecule has 0 saturated carbocycles. The molecule has 4 nitrogen and oxygen atoms in total. The number of hydrogen-bond acceptors (Lipinski definition) is 5. The van der Waals surface area contributed by atoms with E-state index in [4.69, 9.17) is 5.11 Å². The summed E-state index contributed by atoms with van der Waals surface area (Å²) < 4.78 is 38.5. The van der Waals surface area contributed by atoms with Crippen molar-refractivity contribution in [2.24, 2.45) is 0 Å². The molecular weight excluding hydrogens is 311 g/mol. The Balaban J connectivity index is 2.14. The van der Waals surface area contributed by atoms with E-state index in [0.717, 1.165) is 16.6 Å². The van der Waals surface area contributed by atoms with Crippen molar-refractivity contribution < 1.29 is 18.3 Å². The van der Waals surface area contributed by atoms with Crippen molar-refractivity contribution in [3.63, 3.8) is 0 Å². The van der Waals surface area contributed by atoms with Gasteiger partial charge in [0.25, 0.3) is 0 Å². The van der Waals surface area contributed by atoms with Crippen molar-refractivity contribution in [1.29, 1.82) is 0 Å². The molecule has 2 aromatic rings. The summed E-state index contributed by atoms with van der Waals surface area (Å²) in [5.74, 6) is 0.137. The van der Waals surface area contributed by atoms with E-state index in [0.29, 0.717) is 17.5 Å². The van der Waals surface area contributed by atoms with Crippen molar-refractivity contribution in [2.45, 2.75) is 30.9 Å². The maximum Gasteiger partial charge on any atom is 0.415 e. The van der Waals surface area contributed by atoms with Gasteiger partial charge in [-0.05, 0) is 18.4 Å². The second kappa shape index (κ2) is 6.15. The van der Waals surface area contributed by atoms with Gasteiger partial charge in [-0.1, -0.05) is 17.8 Å². The lowest BCUT2D eigenvalue weighted by molar-refractivity contribution is -0.195. The van der Waals surface area contributed by atoms with Gasteiger partial charge in [0.15, 0.2) is 17.1 Å². The molecule has 1 atom stereocenters. The molecule has 1 N–H and O–H groups in total. The van der Waals surface area contributed by atoms with Gasteiger partial charge in [-0.15, -0.1) is 21.5 Å². The number of aliphatic hydroxyl groups is 1. The third-order valence-corrected chi connectivity index (χ3v) is 4.43. The maximum atomic E-state index is 12.3. The molecule has 2 heterocycles. The first kappa shape index (κ1) is 15.3. The van der Waals surface area contributed by atoms with Gasteiger partial charge in [-0.3, -0.25) is 0 Å². The molecule has 0 spiro atoms. The van der Waals surface area contributed by atoms with E-state index in [1.54, 1.807) is 4.57 Å². The van der Waals surface area contributed by atoms with Crippen LogP contribution in [0.1, 0.15) is 6.92 Å². The minimum Gasteiger partial charge on any atom is -0.383 e. The van der Waals surface area contributed by atoms with Crippen LogP contribution in [0, 0.1) is 0 Å². The highest BCUT2D eigenvalue weighted by atomic mass is 32.2. The Bertz CT molecular complexity index is 554. The van der Waals surface area contributed by atoms with Crippen LogP contribution in [0.25, 0.3) is 10.7 Å². The zero-order valence-electron chi connectivity index (χ0n) is 10.5. The van der Waals surface area contributed by atoms with Gasteiger partial charge in [0.2, 0.25) is 0 Å². The third-order valence-electron chi connectivity index (χ3n) is 2.52. The summed E-state index contributed by atoms with van der Waals surface area (Å²) in [6.07, 6.45) is -6.97. The molecular formula is C11H12F3N3OS2. The Morgan fingerprint density at radius 2 is 2.20 bits per heavy atom. The normalized spacial score (nSPS) is 13.7. The summed E-state index contributed by atoms with van der Waals surface area (Å²) in [5, 5.41) is 19.2. The number of thiophene rings is 1. The summed E-state index contributed by atoms with van der Waals surface area (Å²) in [5.41, 5.74) is 0. The first-order chi connectivity index (χ1) is 9.43. The van der Waals surface area contributed by atoms with Crippen LogP contribution in [0.15, 0.2) is 22.7 Å². The maximum absolute atomic E-state index is 12.3. The van der Waals surface area contributed by atoms with E-state index < -0.39 is 18.0 Å². The number of alkyl halides is 3. The summed E-state index contributed by atoms with van der Waals surface area (Å²) in [6.45, 7) is 2.41. The number of nitrogens with zero attached hydrogens (tertiary/aromatic N) is 3. The molecule has 0 aromatic carbocycles. The Hall–Kier alpha value is -1.06. The average molecular weight is 323 g/mol. The average Bonchev–Trinajstić information content (AvgIpc) is 3.02. The van der Waals surface area contributed by atoms with Crippen LogP contribution in [-0.4, -0.2) is 37.9 Å². The van der Waals surface area contributed by atoms with Crippen LogP contribution in [-0.2, 0) is 6.54 Å². The minimum atomic E-state index is -4.61. The lowest BCUT2D eigenvalue weighted by Gasteiger charge is -2.13. The number of halogens is 3. The molecule has 110 valence electrons. The molecule has 0 amide bonds. The topological polar surface area (TPSA) is 50.9 Å². The van der Waals surface area contributed by atoms with E-state index in [2.05, 4.69) is 10.2 Å². The fourth-order valence-corrected chi connectivity index (χ4v) is 3.20. The largest absolute Gasteiger partial charge is 0.415 e. The summed E-state index contributed by atoms with van der Waals surface area (Å²) >= 11 is 2.33. The smallest absolute Gasteiger partial charge is 0.383 e. The highest BCUT2D eigenvalue weighted by molar-refractivity contribution is 7.99. The molecule has 9 heteroatoms. The van der Waals surface area contributed by atoms with Crippen LogP contribution in [0.3, 0.4) is 0 Å². The molecule has 0 fully saturated rings. The highest BCUT2D eigenvalue weighted by Crippen LogP contribution is 2.29. The van der Waals surface area contributed by atoms with Crippen molar-refractivity contribution in [3.8, 4) is 10.7 Å². The standard InChI is InChI=1S/C11H12F3N3OS2/c1-2-17-9(7-4-3-5-19-7)15-16-10(17)20-6-8(18)11(12,13)14/h3-5,8,18H,2,6H2,1H3/t8-/m1/s1. The van der Waals surface area contributed by atoms with Gasteiger partial charge in [0, 0.05) is 12.3 Å². The zero-order chi connectivity index (χ0) is 14.8. The third kappa shape index (κ3) is 3.33. The molecule has 0 bridgehead atoms. The van der Waals surface area contributed by atoms with Crippen molar-refractivity contribution >= 4 is 23.1 Å². The van der Waals surface area contributed by atoms with Crippen LogP contribution < -0.4 is 0 Å². The fraction of sp³-hybridized carbons (Fsp3) is 0.455. The monoisotopic (exact) mass is 323 g/mol. The number of rotatable bonds is 5. The fourth-order valence-electron chi connectivity index (χ4n) is 1.52. The minimum absolute atomic E-state index is 0.374. The van der Waals surface area contributed by atoms with E-state index in [1.165, 1.54) is 11.3 Å². The van der Waals surface area contributed by atoms with Gasteiger partial charge >= 0.3 is 6.18 Å². The Morgan fingerprint density at radius 3 is 2.75 bits per heavy atom. The lowest BCUT2D eigenvalue weighted by Crippen LogP contribution is -2.30. The van der Waals surface area contributed by atoms with Crippen molar-refractivity contribution in [1.82, 2.24) is 14.8 Å². The zero-order valence-corrected chi connectivity index (χ0v) is 12.1. The highest BCUT2D eigenvalue weighted by Gasteiger charge is 2.38. The molecule has 20 heavy (non-hydrogen) atoms. The number of aliphatic hydroxyl groups excluding tert-OH is 1. The quantitative estimate of drug-likeness (QED) is 0.859. The molecule has 2 aromatic heterocycles. The van der Waals surface area contributed by atoms with Crippen molar-refractivity contribution in [2.75, 3.05) is 5.75 Å². The number of aromatic nitrogens is 3. The van der Waals surface area contributed by atoms with Gasteiger partial charge in [0.05, 0.1) is 4.88 Å². The van der Waals surface area contributed by atoms with E-state index in [9.17, 15) is 13.2 Å². The SMILES string of the molecule is CCn1c(SC[C@@H](O)C(F)(F)F)nnc1-c1cccs1. The first-order valence-electron chi connectivity index (χ1n) is 5.78. The van der Waals surface area contributed by atoms with E-state index in [-0.39, 0.29) is 0 Å². The summed E-state index contributed by atoms with van der Waals surface area (Å²) in [6, 6.07) is 3.74. The van der Waals surface area contributed by atoms with Gasteiger partial charge < -0.3 is 9.67 Å². The van der Waals surface area contributed by atoms with Crippen molar-refractivity contribution in [3.05, 3.63) is 17.5 Å². The molecule has 0 aliphatic carbocycles. The predicted molar refractivity (Wildman–Crippen MR) is 71.8 cm³/mol. The number of thioether (sulfide) groups is 1. The van der Waals surface area contributed by atoms with Crippen LogP contribution in [0.2, 0.25) is 0 Å². The first-order valence-corrected chi connectivity index (χ1v) is 7.64. The molecule has 2 rings (SSSR count). The second-order valence-electron chi connectivity index (χ2n) is 3.90. The molecule has 0 aliphatic heterocycles. The van der Waals surface area contributed by atoms with Gasteiger partial charge in [0.1, 0.15) is 0 Å². The molecule has 0 saturated heterocycles. The Kier molecular flexibility index (Phi) is 4.71. The summed E-state index contributed by atoms with van der Waals surface area (Å²) in [7, 11) is 0. The van der Waals surface area contributed by atoms with Gasteiger partial charge in [-0.25, -0.2) is 0 Å². The van der Waals surface area contributed by atoms with Crippen LogP contribution in [0.5, 0.6) is 0 Å². The molecule has 0 radical (unpaired) electrons. The van der Waals surface area contributed by atoms with Crippen LogP contribution >= 0.6 is 23.1 Å². The molecule has 0 aliphatic rings. The van der Waals surface area contributed by atoms with E-state index in [1.807, 2.05) is 24.4 Å². The predicted octanol–water partition coefficient (Wildman–Crippen LogP) is 3.04. The second-order valence-corrected chi connectivity index (χ2v) is 5.83.